The van der Waals surface area contributed by atoms with E-state index >= 15 is 0 Å². The van der Waals surface area contributed by atoms with Crippen LogP contribution in [-0.4, -0.2) is 82.1 Å². The molecule has 3 saturated heterocycles. The van der Waals surface area contributed by atoms with Crippen LogP contribution in [0.4, 0.5) is 20.3 Å². The van der Waals surface area contributed by atoms with E-state index in [-0.39, 0.29) is 29.0 Å². The van der Waals surface area contributed by atoms with Crippen LogP contribution in [0.1, 0.15) is 68.7 Å². The number of aromatic hydroxyl groups is 1. The quantitative estimate of drug-likeness (QED) is 0.342. The van der Waals surface area contributed by atoms with Crippen LogP contribution in [0, 0.1) is 11.7 Å². The summed E-state index contributed by atoms with van der Waals surface area (Å²) in [5.41, 5.74) is 2.91. The van der Waals surface area contributed by atoms with Gasteiger partial charge in [0, 0.05) is 55.3 Å². The number of ether oxygens (including phenoxy) is 1. The average molecular weight is 636 g/mol. The Bertz CT molecular complexity index is 1630. The third-order valence-electron chi connectivity index (χ3n) is 10.7. The molecule has 0 bridgehead atoms. The van der Waals surface area contributed by atoms with Crippen LogP contribution in [0.3, 0.4) is 0 Å². The number of hydrogen-bond acceptors (Lipinski definition) is 8. The van der Waals surface area contributed by atoms with Crippen LogP contribution in [0.2, 0.25) is 0 Å². The molecule has 2 aromatic carbocycles. The van der Waals surface area contributed by atoms with E-state index in [4.69, 9.17) is 14.7 Å². The number of aliphatic carboxylic acids is 1. The average Bonchev–Trinajstić information content (AvgIpc) is 3.54. The second-order valence-corrected chi connectivity index (χ2v) is 13.5. The van der Waals surface area contributed by atoms with Gasteiger partial charge in [0.1, 0.15) is 30.2 Å². The second-order valence-electron chi connectivity index (χ2n) is 13.5. The first-order chi connectivity index (χ1) is 22.2. The summed E-state index contributed by atoms with van der Waals surface area (Å²) in [7, 11) is 0. The van der Waals surface area contributed by atoms with Gasteiger partial charge in [-0.1, -0.05) is 13.0 Å². The molecule has 3 fully saturated rings. The van der Waals surface area contributed by atoms with Gasteiger partial charge in [0.05, 0.1) is 23.7 Å². The Hall–Kier alpha value is -3.73. The molecule has 2 N–H and O–H groups in total. The fourth-order valence-corrected chi connectivity index (χ4v) is 8.41. The van der Waals surface area contributed by atoms with Gasteiger partial charge < -0.3 is 24.7 Å². The molecule has 3 aromatic rings. The molecule has 4 aliphatic rings. The lowest BCUT2D eigenvalue weighted by Crippen LogP contribution is -2.43. The second kappa shape index (κ2) is 12.5. The first-order valence-electron chi connectivity index (χ1n) is 16.8. The first kappa shape index (κ1) is 30.9. The van der Waals surface area contributed by atoms with Crippen LogP contribution >= 0.6 is 0 Å². The van der Waals surface area contributed by atoms with Gasteiger partial charge in [0.2, 0.25) is 0 Å². The number of alkyl halides is 1. The van der Waals surface area contributed by atoms with Gasteiger partial charge in [0.15, 0.2) is 0 Å². The monoisotopic (exact) mass is 635 g/mol. The molecule has 0 unspecified atom stereocenters. The van der Waals surface area contributed by atoms with Gasteiger partial charge in [-0.2, -0.15) is 9.97 Å². The SMILES string of the molecule is CCc1c(F)ccc2cc(O)cc(N3CCc4c(nc(OC[C@@]56CCCN5C[C@H](F)C6)nc4N4CCCC(C(=O)O)CCC4)C3)c12. The molecular formula is C35H43F2N5O4. The molecule has 5 heterocycles. The minimum atomic E-state index is -0.858. The van der Waals surface area contributed by atoms with Crippen molar-refractivity contribution >= 4 is 28.2 Å². The molecule has 0 radical (unpaired) electrons. The number of carboxylic acids is 1. The Kier molecular flexibility index (Phi) is 8.37. The number of benzene rings is 2. The van der Waals surface area contributed by atoms with Gasteiger partial charge in [-0.3, -0.25) is 9.69 Å². The number of aromatic nitrogens is 2. The number of rotatable bonds is 7. The molecule has 246 valence electrons. The Balaban J connectivity index is 1.24. The summed E-state index contributed by atoms with van der Waals surface area (Å²) in [6.45, 7) is 6.01. The Labute approximate surface area is 268 Å². The van der Waals surface area contributed by atoms with E-state index in [1.165, 1.54) is 6.07 Å². The number of anilines is 2. The fraction of sp³-hybridized carbons (Fsp3) is 0.571. The van der Waals surface area contributed by atoms with E-state index in [9.17, 15) is 23.8 Å². The van der Waals surface area contributed by atoms with E-state index in [1.807, 2.05) is 6.92 Å². The Morgan fingerprint density at radius 1 is 1.09 bits per heavy atom. The van der Waals surface area contributed by atoms with Crippen molar-refractivity contribution in [1.29, 1.82) is 0 Å². The molecule has 11 heteroatoms. The van der Waals surface area contributed by atoms with Crippen molar-refractivity contribution in [3.8, 4) is 11.8 Å². The summed E-state index contributed by atoms with van der Waals surface area (Å²) in [6.07, 6.45) is 5.41. The molecule has 1 aromatic heterocycles. The summed E-state index contributed by atoms with van der Waals surface area (Å²) >= 11 is 0. The number of nitrogens with zero attached hydrogens (tertiary/aromatic N) is 5. The number of hydrogen-bond donors (Lipinski definition) is 2. The zero-order valence-corrected chi connectivity index (χ0v) is 26.5. The lowest BCUT2D eigenvalue weighted by Gasteiger charge is -2.36. The highest BCUT2D eigenvalue weighted by atomic mass is 19.1. The molecule has 46 heavy (non-hydrogen) atoms. The minimum Gasteiger partial charge on any atom is -0.508 e. The fourth-order valence-electron chi connectivity index (χ4n) is 8.41. The van der Waals surface area contributed by atoms with Crippen molar-refractivity contribution in [2.24, 2.45) is 5.92 Å². The maximum absolute atomic E-state index is 15.0. The number of carboxylic acid groups (broad SMARTS) is 1. The zero-order valence-electron chi connectivity index (χ0n) is 26.5. The number of aryl methyl sites for hydroxylation is 1. The summed E-state index contributed by atoms with van der Waals surface area (Å²) in [4.78, 5) is 28.2. The number of phenolic OH excluding ortho intramolecular Hbond substituents is 1. The van der Waals surface area contributed by atoms with Crippen LogP contribution in [0.5, 0.6) is 11.8 Å². The predicted molar refractivity (Wildman–Crippen MR) is 172 cm³/mol. The molecule has 0 aliphatic carbocycles. The summed E-state index contributed by atoms with van der Waals surface area (Å²) in [5, 5.41) is 21.8. The number of halogens is 2. The van der Waals surface area contributed by atoms with Crippen molar-refractivity contribution in [3.63, 3.8) is 0 Å². The van der Waals surface area contributed by atoms with Gasteiger partial charge in [0.25, 0.3) is 0 Å². The van der Waals surface area contributed by atoms with E-state index in [2.05, 4.69) is 14.7 Å². The van der Waals surface area contributed by atoms with Crippen molar-refractivity contribution < 1.29 is 28.5 Å². The molecule has 0 spiro atoms. The third-order valence-corrected chi connectivity index (χ3v) is 10.7. The molecular weight excluding hydrogens is 592 g/mol. The minimum absolute atomic E-state index is 0.123. The van der Waals surface area contributed by atoms with Gasteiger partial charge in [-0.15, -0.1) is 0 Å². The van der Waals surface area contributed by atoms with Crippen molar-refractivity contribution in [2.45, 2.75) is 83.0 Å². The standard InChI is InChI=1S/C35H43F2N5O4/c1-2-26-28(37)9-8-23-16-25(43)17-30(31(23)26)41-15-10-27-29(20-41)38-34(46-21-35-11-5-14-42(35)19-24(36)18-35)39-32(27)40-12-3-6-22(33(44)45)7-4-13-40/h8-9,16-17,22,24,43H,2-7,10-15,18-21H2,1H3,(H,44,45)/t24-,35+/m1/s1. The molecule has 0 saturated carbocycles. The molecule has 4 aliphatic heterocycles. The lowest BCUT2D eigenvalue weighted by atomic mass is 9.95. The predicted octanol–water partition coefficient (Wildman–Crippen LogP) is 5.64. The molecule has 9 nitrogen and oxygen atoms in total. The summed E-state index contributed by atoms with van der Waals surface area (Å²) in [6, 6.07) is 6.83. The highest BCUT2D eigenvalue weighted by Crippen LogP contribution is 2.42. The molecule has 0 amide bonds. The van der Waals surface area contributed by atoms with Gasteiger partial charge >= 0.3 is 12.0 Å². The molecule has 7 rings (SSSR count). The largest absolute Gasteiger partial charge is 0.508 e. The number of carbonyl (C=O) groups is 1. The highest BCUT2D eigenvalue weighted by molar-refractivity contribution is 5.98. The topological polar surface area (TPSA) is 102 Å². The summed E-state index contributed by atoms with van der Waals surface area (Å²) < 4.78 is 35.9. The Morgan fingerprint density at radius 3 is 2.65 bits per heavy atom. The van der Waals surface area contributed by atoms with E-state index in [0.29, 0.717) is 77.0 Å². The first-order valence-corrected chi connectivity index (χ1v) is 16.8. The lowest BCUT2D eigenvalue weighted by molar-refractivity contribution is -0.142. The van der Waals surface area contributed by atoms with E-state index in [0.717, 1.165) is 65.8 Å². The maximum atomic E-state index is 15.0. The van der Waals surface area contributed by atoms with Gasteiger partial charge in [-0.25, -0.2) is 8.78 Å². The zero-order chi connectivity index (χ0) is 32.0. The highest BCUT2D eigenvalue weighted by Gasteiger charge is 2.49. The van der Waals surface area contributed by atoms with Gasteiger partial charge in [-0.05, 0) is 81.0 Å². The number of phenols is 1. The van der Waals surface area contributed by atoms with E-state index < -0.39 is 12.1 Å². The van der Waals surface area contributed by atoms with Crippen molar-refractivity contribution in [1.82, 2.24) is 14.9 Å². The molecule has 2 atom stereocenters. The Morgan fingerprint density at radius 2 is 1.89 bits per heavy atom. The smallest absolute Gasteiger partial charge is 0.318 e. The normalized spacial score (nSPS) is 24.1. The van der Waals surface area contributed by atoms with Crippen LogP contribution in [0.25, 0.3) is 10.8 Å². The third kappa shape index (κ3) is 5.71. The van der Waals surface area contributed by atoms with Crippen molar-refractivity contribution in [2.75, 3.05) is 49.1 Å². The van der Waals surface area contributed by atoms with Crippen molar-refractivity contribution in [3.05, 3.63) is 46.9 Å². The van der Waals surface area contributed by atoms with Crippen LogP contribution in [-0.2, 0) is 24.2 Å². The van der Waals surface area contributed by atoms with Crippen LogP contribution < -0.4 is 14.5 Å². The number of fused-ring (bicyclic) bond motifs is 3. The maximum Gasteiger partial charge on any atom is 0.318 e. The summed E-state index contributed by atoms with van der Waals surface area (Å²) in [5.74, 6) is -0.354. The van der Waals surface area contributed by atoms with E-state index in [1.54, 1.807) is 18.2 Å². The van der Waals surface area contributed by atoms with Crippen LogP contribution in [0.15, 0.2) is 24.3 Å².